The molecule has 3 aromatic heterocycles. The molecule has 2 saturated heterocycles. The van der Waals surface area contributed by atoms with Crippen molar-refractivity contribution < 1.29 is 27.1 Å². The Morgan fingerprint density at radius 3 is 2.56 bits per heavy atom. The Morgan fingerprint density at radius 1 is 1.17 bits per heavy atom. The Morgan fingerprint density at radius 2 is 1.89 bits per heavy atom. The van der Waals surface area contributed by atoms with Gasteiger partial charge in [0.1, 0.15) is 5.82 Å². The number of alkyl halides is 3. The van der Waals surface area contributed by atoms with Gasteiger partial charge in [-0.15, -0.1) is 0 Å². The molecule has 0 radical (unpaired) electrons. The van der Waals surface area contributed by atoms with Crippen LogP contribution in [0.5, 0.6) is 0 Å². The third-order valence-corrected chi connectivity index (χ3v) is 6.57. The third-order valence-electron chi connectivity index (χ3n) is 6.29. The second-order valence-corrected chi connectivity index (χ2v) is 9.33. The van der Waals surface area contributed by atoms with Gasteiger partial charge in [-0.05, 0) is 32.0 Å². The number of fused-ring (bicyclic) bond motifs is 1. The number of anilines is 2. The second kappa shape index (κ2) is 9.40. The number of ether oxygens (including phenoxy) is 1. The summed E-state index contributed by atoms with van der Waals surface area (Å²) in [6.07, 6.45) is -5.35. The number of amides is 1. The molecule has 1 atom stereocenters. The van der Waals surface area contributed by atoms with Gasteiger partial charge < -0.3 is 23.9 Å². The topological polar surface area (TPSA) is 87.8 Å². The first-order valence-electron chi connectivity index (χ1n) is 11.5. The highest BCUT2D eigenvalue weighted by Crippen LogP contribution is 2.31. The normalized spacial score (nSPS) is 18.0. The molecule has 1 unspecified atom stereocenters. The number of oxazole rings is 1. The number of hydrogen-bond acceptors (Lipinski definition) is 8. The molecule has 0 aromatic carbocycles. The molecule has 0 saturated carbocycles. The fraction of sp³-hybridized carbons (Fsp3) is 0.478. The number of hydrogen-bond donors (Lipinski definition) is 0. The van der Waals surface area contributed by atoms with Crippen molar-refractivity contribution in [3.05, 3.63) is 40.7 Å². The molecular formula is C23H24ClF3N6O3. The van der Waals surface area contributed by atoms with Crippen LogP contribution in [-0.4, -0.2) is 83.4 Å². The number of rotatable bonds is 5. The number of nitrogens with zero attached hydrogens (tertiary/aromatic N) is 6. The second-order valence-electron chi connectivity index (χ2n) is 8.93. The first-order valence-corrected chi connectivity index (χ1v) is 11.9. The monoisotopic (exact) mass is 524 g/mol. The lowest BCUT2D eigenvalue weighted by Gasteiger charge is -2.41. The molecule has 0 aliphatic carbocycles. The van der Waals surface area contributed by atoms with Crippen LogP contribution in [0, 0.1) is 6.92 Å². The molecule has 5 heterocycles. The van der Waals surface area contributed by atoms with Gasteiger partial charge in [0.2, 0.25) is 5.65 Å². The third kappa shape index (κ3) is 4.92. The number of aryl methyl sites for hydroxylation is 1. The molecule has 1 amide bonds. The van der Waals surface area contributed by atoms with E-state index in [0.29, 0.717) is 54.8 Å². The number of carbonyl (C=O) groups excluding carboxylic acids is 1. The van der Waals surface area contributed by atoms with E-state index in [9.17, 15) is 18.0 Å². The number of halogens is 4. The smallest absolute Gasteiger partial charge is 0.414 e. The number of pyridine rings is 2. The van der Waals surface area contributed by atoms with Crippen molar-refractivity contribution in [3.63, 3.8) is 0 Å². The maximum atomic E-state index is 13.0. The molecule has 2 aliphatic heterocycles. The van der Waals surface area contributed by atoms with E-state index in [0.717, 1.165) is 12.6 Å². The van der Waals surface area contributed by atoms with E-state index < -0.39 is 18.4 Å². The van der Waals surface area contributed by atoms with Crippen LogP contribution < -0.4 is 9.80 Å². The summed E-state index contributed by atoms with van der Waals surface area (Å²) < 4.78 is 48.9. The van der Waals surface area contributed by atoms with Crippen LogP contribution in [0.2, 0.25) is 5.02 Å². The van der Waals surface area contributed by atoms with Gasteiger partial charge in [0.25, 0.3) is 11.9 Å². The van der Waals surface area contributed by atoms with Crippen molar-refractivity contribution in [1.29, 1.82) is 0 Å². The molecule has 192 valence electrons. The van der Waals surface area contributed by atoms with E-state index in [1.54, 1.807) is 15.9 Å². The average molecular weight is 525 g/mol. The van der Waals surface area contributed by atoms with E-state index in [1.165, 1.54) is 6.20 Å². The van der Waals surface area contributed by atoms with Crippen LogP contribution in [0.3, 0.4) is 0 Å². The fourth-order valence-electron chi connectivity index (χ4n) is 4.16. The predicted molar refractivity (Wildman–Crippen MR) is 127 cm³/mol. The Kier molecular flexibility index (Phi) is 6.41. The van der Waals surface area contributed by atoms with Crippen LogP contribution in [0.15, 0.2) is 28.8 Å². The fourth-order valence-corrected chi connectivity index (χ4v) is 4.45. The summed E-state index contributed by atoms with van der Waals surface area (Å²) in [6.45, 7) is 5.38. The predicted octanol–water partition coefficient (Wildman–Crippen LogP) is 3.70. The molecule has 0 bridgehead atoms. The lowest BCUT2D eigenvalue weighted by Crippen LogP contribution is -2.55. The van der Waals surface area contributed by atoms with E-state index in [4.69, 9.17) is 20.8 Å². The largest absolute Gasteiger partial charge is 0.422 e. The first kappa shape index (κ1) is 24.6. The van der Waals surface area contributed by atoms with Crippen molar-refractivity contribution >= 4 is 40.6 Å². The maximum Gasteiger partial charge on any atom is 0.414 e. The molecule has 5 rings (SSSR count). The summed E-state index contributed by atoms with van der Waals surface area (Å²) in [4.78, 5) is 31.5. The van der Waals surface area contributed by atoms with E-state index in [2.05, 4.69) is 15.0 Å². The van der Waals surface area contributed by atoms with Gasteiger partial charge in [-0.25, -0.2) is 9.97 Å². The van der Waals surface area contributed by atoms with Crippen molar-refractivity contribution in [2.24, 2.45) is 0 Å². The van der Waals surface area contributed by atoms with Crippen molar-refractivity contribution in [2.75, 3.05) is 49.1 Å². The SMILES string of the molecule is Cc1ccc2oc(N3CCN(C(=O)c4cnc(N5CC(OC(C)C(F)(F)F)C5)c(Cl)c4)CC3)nc2n1. The standard InChI is InChI=1S/C23H24ClF3N6O3/c1-13-3-4-18-19(29-13)30-22(36-18)32-7-5-31(6-8-32)21(34)15-9-17(24)20(28-10-15)33-11-16(12-33)35-14(2)23(25,26)27/h3-4,9-10,14,16H,5-8,11-12H2,1-2H3. The minimum Gasteiger partial charge on any atom is -0.422 e. The van der Waals surface area contributed by atoms with Crippen molar-refractivity contribution in [2.45, 2.75) is 32.2 Å². The van der Waals surface area contributed by atoms with Crippen LogP contribution in [0.4, 0.5) is 25.0 Å². The van der Waals surface area contributed by atoms with Gasteiger partial charge in [-0.1, -0.05) is 11.6 Å². The Labute approximate surface area is 209 Å². The molecule has 2 aliphatic rings. The van der Waals surface area contributed by atoms with Crippen LogP contribution in [0.1, 0.15) is 23.0 Å². The molecule has 0 spiro atoms. The number of aromatic nitrogens is 3. The van der Waals surface area contributed by atoms with Gasteiger partial charge >= 0.3 is 6.18 Å². The lowest BCUT2D eigenvalue weighted by atomic mass is 10.1. The Bertz CT molecular complexity index is 1270. The van der Waals surface area contributed by atoms with E-state index in [-0.39, 0.29) is 24.0 Å². The molecule has 0 N–H and O–H groups in total. The van der Waals surface area contributed by atoms with Gasteiger partial charge in [0, 0.05) is 51.2 Å². The van der Waals surface area contributed by atoms with Crippen molar-refractivity contribution in [1.82, 2.24) is 19.9 Å². The summed E-state index contributed by atoms with van der Waals surface area (Å²) in [5.74, 6) is 0.214. The molecule has 2 fully saturated rings. The zero-order chi connectivity index (χ0) is 25.6. The molecule has 3 aromatic rings. The summed E-state index contributed by atoms with van der Waals surface area (Å²) >= 11 is 6.37. The maximum absolute atomic E-state index is 13.0. The van der Waals surface area contributed by atoms with E-state index >= 15 is 0 Å². The molecule has 36 heavy (non-hydrogen) atoms. The van der Waals surface area contributed by atoms with Gasteiger partial charge in [0.05, 0.1) is 16.7 Å². The highest BCUT2D eigenvalue weighted by molar-refractivity contribution is 6.33. The highest BCUT2D eigenvalue weighted by Gasteiger charge is 2.41. The van der Waals surface area contributed by atoms with Gasteiger partial charge in [-0.3, -0.25) is 4.79 Å². The molecule has 13 heteroatoms. The average Bonchev–Trinajstić information content (AvgIpc) is 3.23. The highest BCUT2D eigenvalue weighted by atomic mass is 35.5. The molecule has 9 nitrogen and oxygen atoms in total. The van der Waals surface area contributed by atoms with Crippen LogP contribution in [0.25, 0.3) is 11.2 Å². The molecular weight excluding hydrogens is 501 g/mol. The zero-order valence-corrected chi connectivity index (χ0v) is 20.4. The summed E-state index contributed by atoms with van der Waals surface area (Å²) in [7, 11) is 0. The Hall–Kier alpha value is -3.12. The van der Waals surface area contributed by atoms with E-state index in [1.807, 2.05) is 24.0 Å². The summed E-state index contributed by atoms with van der Waals surface area (Å²) in [6, 6.07) is 5.72. The van der Waals surface area contributed by atoms with Crippen LogP contribution >= 0.6 is 11.6 Å². The van der Waals surface area contributed by atoms with Crippen LogP contribution in [-0.2, 0) is 4.74 Å². The number of piperazine rings is 1. The quantitative estimate of drug-likeness (QED) is 0.499. The zero-order valence-electron chi connectivity index (χ0n) is 19.6. The lowest BCUT2D eigenvalue weighted by molar-refractivity contribution is -0.228. The number of carbonyl (C=O) groups is 1. The first-order chi connectivity index (χ1) is 17.1. The minimum absolute atomic E-state index is 0.200. The van der Waals surface area contributed by atoms with Gasteiger partial charge in [-0.2, -0.15) is 18.2 Å². The summed E-state index contributed by atoms with van der Waals surface area (Å²) in [5, 5.41) is 0.260. The Balaban J connectivity index is 1.16. The summed E-state index contributed by atoms with van der Waals surface area (Å²) in [5.41, 5.74) is 2.37. The minimum atomic E-state index is -4.40. The van der Waals surface area contributed by atoms with Gasteiger partial charge in [0.15, 0.2) is 11.7 Å². The van der Waals surface area contributed by atoms with Crippen molar-refractivity contribution in [3.8, 4) is 0 Å².